The minimum absolute atomic E-state index is 0.0302. The first-order valence-electron chi connectivity index (χ1n) is 16.8. The summed E-state index contributed by atoms with van der Waals surface area (Å²) in [6.45, 7) is 24.4. The standard InChI is InChI=1S/C35H60O5Si/c1-22(2)35(38-17-18-39-35)16-13-23(3)27-20-28(36)30-26-12-11-24-19-25(40-41(9,10)32(4,5)6)14-15-33(24,7)31(26)29(37)21-34(27,30)8/h11,22-23,25-28,30-31,36H,12-21H2,1-10H3/t23-,25+,26+,27-,28-,30-,31-,33+,34-/m1/s1. The van der Waals surface area contributed by atoms with Crippen LogP contribution in [0, 0.1) is 46.3 Å². The minimum Gasteiger partial charge on any atom is -0.414 e. The van der Waals surface area contributed by atoms with E-state index in [0.717, 1.165) is 44.9 Å². The summed E-state index contributed by atoms with van der Waals surface area (Å²) in [6, 6.07) is 0. The zero-order valence-electron chi connectivity index (χ0n) is 27.8. The van der Waals surface area contributed by atoms with Gasteiger partial charge in [0.25, 0.3) is 0 Å². The lowest BCUT2D eigenvalue weighted by atomic mass is 9.46. The summed E-state index contributed by atoms with van der Waals surface area (Å²) < 4.78 is 19.1. The van der Waals surface area contributed by atoms with Crippen LogP contribution in [-0.4, -0.2) is 50.4 Å². The van der Waals surface area contributed by atoms with Gasteiger partial charge in [0.15, 0.2) is 14.1 Å². The predicted octanol–water partition coefficient (Wildman–Crippen LogP) is 7.92. The summed E-state index contributed by atoms with van der Waals surface area (Å²) in [6.07, 6.45) is 9.64. The number of ether oxygens (including phenoxy) is 2. The van der Waals surface area contributed by atoms with Gasteiger partial charge in [0.2, 0.25) is 0 Å². The molecule has 1 aliphatic heterocycles. The molecule has 0 spiro atoms. The molecule has 4 aliphatic carbocycles. The Bertz CT molecular complexity index is 1020. The molecule has 5 aliphatic rings. The predicted molar refractivity (Wildman–Crippen MR) is 167 cm³/mol. The van der Waals surface area contributed by atoms with Gasteiger partial charge in [-0.05, 0) is 91.2 Å². The van der Waals surface area contributed by atoms with E-state index in [1.54, 1.807) is 0 Å². The molecule has 1 saturated heterocycles. The summed E-state index contributed by atoms with van der Waals surface area (Å²) in [7, 11) is -1.85. The number of aliphatic hydroxyl groups excluding tert-OH is 1. The van der Waals surface area contributed by atoms with Crippen molar-refractivity contribution in [3.63, 3.8) is 0 Å². The maximum atomic E-state index is 14.3. The van der Waals surface area contributed by atoms with Crippen molar-refractivity contribution in [3.8, 4) is 0 Å². The first-order valence-corrected chi connectivity index (χ1v) is 19.7. The summed E-state index contributed by atoms with van der Waals surface area (Å²) in [5.74, 6) is 1.48. The van der Waals surface area contributed by atoms with E-state index in [-0.39, 0.29) is 45.8 Å². The molecule has 5 nitrogen and oxygen atoms in total. The zero-order chi connectivity index (χ0) is 30.2. The Kier molecular flexibility index (Phi) is 8.41. The maximum absolute atomic E-state index is 14.3. The first kappa shape index (κ1) is 31.9. The molecule has 0 aromatic carbocycles. The molecule has 41 heavy (non-hydrogen) atoms. The number of carbonyl (C=O) groups is 1. The minimum atomic E-state index is -1.85. The summed E-state index contributed by atoms with van der Waals surface area (Å²) in [5.41, 5.74) is 1.21. The van der Waals surface area contributed by atoms with Crippen molar-refractivity contribution >= 4 is 14.1 Å². The van der Waals surface area contributed by atoms with E-state index in [2.05, 4.69) is 74.6 Å². The highest BCUT2D eigenvalue weighted by Gasteiger charge is 2.65. The molecular formula is C35H60O5Si. The van der Waals surface area contributed by atoms with Crippen molar-refractivity contribution in [2.75, 3.05) is 13.2 Å². The van der Waals surface area contributed by atoms with E-state index in [4.69, 9.17) is 13.9 Å². The number of fused-ring (bicyclic) bond motifs is 5. The Morgan fingerprint density at radius 2 is 1.80 bits per heavy atom. The second-order valence-electron chi connectivity index (χ2n) is 17.0. The van der Waals surface area contributed by atoms with Gasteiger partial charge in [0, 0.05) is 30.8 Å². The van der Waals surface area contributed by atoms with Gasteiger partial charge in [-0.3, -0.25) is 4.79 Å². The van der Waals surface area contributed by atoms with Gasteiger partial charge >= 0.3 is 0 Å². The van der Waals surface area contributed by atoms with Gasteiger partial charge in [-0.15, -0.1) is 0 Å². The molecule has 234 valence electrons. The van der Waals surface area contributed by atoms with Crippen molar-refractivity contribution < 1.29 is 23.8 Å². The third kappa shape index (κ3) is 5.28. The topological polar surface area (TPSA) is 65.0 Å². The molecule has 0 bridgehead atoms. The van der Waals surface area contributed by atoms with Crippen LogP contribution in [0.1, 0.15) is 107 Å². The van der Waals surface area contributed by atoms with E-state index >= 15 is 0 Å². The number of hydrogen-bond acceptors (Lipinski definition) is 5. The highest BCUT2D eigenvalue weighted by atomic mass is 28.4. The van der Waals surface area contributed by atoms with E-state index in [1.807, 2.05) is 0 Å². The number of Topliss-reactive ketones (excluding diaryl/α,β-unsaturated/α-hetero) is 1. The van der Waals surface area contributed by atoms with Crippen molar-refractivity contribution in [1.29, 1.82) is 0 Å². The Morgan fingerprint density at radius 3 is 2.41 bits per heavy atom. The molecule has 4 fully saturated rings. The molecule has 0 unspecified atom stereocenters. The van der Waals surface area contributed by atoms with Gasteiger partial charge in [-0.2, -0.15) is 0 Å². The Labute approximate surface area is 251 Å². The average molecular weight is 589 g/mol. The SMILES string of the molecule is CC(C)C1(CC[C@@H](C)[C@H]2C[C@@H](O)[C@H]3[C@@H]4CC=C5C[C@@H](O[Si](C)(C)C(C)(C)C)CC[C@]5(C)[C@H]4C(=O)C[C@@]32C)OCCO1. The number of allylic oxidation sites excluding steroid dienone is 1. The largest absolute Gasteiger partial charge is 0.414 e. The Balaban J connectivity index is 1.33. The molecule has 9 atom stereocenters. The molecule has 0 aromatic heterocycles. The third-order valence-electron chi connectivity index (χ3n) is 13.4. The third-order valence-corrected chi connectivity index (χ3v) is 17.9. The molecule has 0 aromatic rings. The fourth-order valence-electron chi connectivity index (χ4n) is 10.0. The fourth-order valence-corrected chi connectivity index (χ4v) is 11.4. The van der Waals surface area contributed by atoms with E-state index in [0.29, 0.717) is 43.2 Å². The van der Waals surface area contributed by atoms with E-state index in [1.165, 1.54) is 5.57 Å². The molecular weight excluding hydrogens is 528 g/mol. The molecule has 1 N–H and O–H groups in total. The zero-order valence-corrected chi connectivity index (χ0v) is 28.8. The van der Waals surface area contributed by atoms with Gasteiger partial charge in [0.05, 0.1) is 19.3 Å². The molecule has 5 rings (SSSR count). The second kappa shape index (κ2) is 10.8. The highest BCUT2D eigenvalue weighted by Crippen LogP contribution is 2.66. The monoisotopic (exact) mass is 588 g/mol. The van der Waals surface area contributed by atoms with Gasteiger partial charge in [0.1, 0.15) is 5.78 Å². The second-order valence-corrected chi connectivity index (χ2v) is 21.8. The van der Waals surface area contributed by atoms with Crippen LogP contribution >= 0.6 is 0 Å². The Morgan fingerprint density at radius 1 is 1.15 bits per heavy atom. The average Bonchev–Trinajstić information content (AvgIpc) is 3.44. The lowest BCUT2D eigenvalue weighted by molar-refractivity contribution is -0.195. The van der Waals surface area contributed by atoms with E-state index < -0.39 is 14.1 Å². The van der Waals surface area contributed by atoms with Crippen LogP contribution in [0.25, 0.3) is 0 Å². The van der Waals surface area contributed by atoms with Gasteiger partial charge in [-0.25, -0.2) is 0 Å². The van der Waals surface area contributed by atoms with Gasteiger partial charge < -0.3 is 19.0 Å². The number of carbonyl (C=O) groups excluding carboxylic acids is 1. The summed E-state index contributed by atoms with van der Waals surface area (Å²) in [4.78, 5) is 14.3. The smallest absolute Gasteiger partial charge is 0.192 e. The molecule has 3 saturated carbocycles. The quantitative estimate of drug-likeness (QED) is 0.242. The number of hydrogen-bond donors (Lipinski definition) is 1. The van der Waals surface area contributed by atoms with Crippen LogP contribution in [0.15, 0.2) is 11.6 Å². The lowest BCUT2D eigenvalue weighted by Gasteiger charge is -2.58. The van der Waals surface area contributed by atoms with Crippen LogP contribution in [0.3, 0.4) is 0 Å². The number of aliphatic hydroxyl groups is 1. The van der Waals surface area contributed by atoms with Crippen LogP contribution in [-0.2, 0) is 18.7 Å². The van der Waals surface area contributed by atoms with Crippen molar-refractivity contribution in [2.45, 2.75) is 143 Å². The van der Waals surface area contributed by atoms with Gasteiger partial charge in [-0.1, -0.05) is 67.0 Å². The molecule has 0 radical (unpaired) electrons. The van der Waals surface area contributed by atoms with Crippen molar-refractivity contribution in [3.05, 3.63) is 11.6 Å². The molecule has 0 amide bonds. The Hall–Kier alpha value is -0.533. The normalized spacial score (nSPS) is 41.6. The van der Waals surface area contributed by atoms with Crippen LogP contribution in [0.5, 0.6) is 0 Å². The summed E-state index contributed by atoms with van der Waals surface area (Å²) in [5, 5.41) is 11.9. The number of ketones is 1. The number of rotatable bonds is 7. The van der Waals surface area contributed by atoms with Crippen LogP contribution in [0.4, 0.5) is 0 Å². The maximum Gasteiger partial charge on any atom is 0.192 e. The highest BCUT2D eigenvalue weighted by molar-refractivity contribution is 6.74. The fraction of sp³-hybridized carbons (Fsp3) is 0.914. The summed E-state index contributed by atoms with van der Waals surface area (Å²) >= 11 is 0. The first-order chi connectivity index (χ1) is 19.0. The molecule has 1 heterocycles. The molecule has 6 heteroatoms. The van der Waals surface area contributed by atoms with E-state index in [9.17, 15) is 9.90 Å². The van der Waals surface area contributed by atoms with Crippen molar-refractivity contribution in [1.82, 2.24) is 0 Å². The van der Waals surface area contributed by atoms with Crippen LogP contribution in [0.2, 0.25) is 18.1 Å². The van der Waals surface area contributed by atoms with Crippen LogP contribution < -0.4 is 0 Å². The van der Waals surface area contributed by atoms with Crippen molar-refractivity contribution in [2.24, 2.45) is 46.3 Å². The lowest BCUT2D eigenvalue weighted by Crippen LogP contribution is -2.57.